The molecule has 1 heterocycles. The fourth-order valence-corrected chi connectivity index (χ4v) is 3.19. The lowest BCUT2D eigenvalue weighted by Gasteiger charge is -2.07. The van der Waals surface area contributed by atoms with Gasteiger partial charge in [-0.05, 0) is 35.9 Å². The monoisotopic (exact) mass is 404 g/mol. The summed E-state index contributed by atoms with van der Waals surface area (Å²) < 4.78 is 1.72. The summed E-state index contributed by atoms with van der Waals surface area (Å²) in [4.78, 5) is 12.1. The predicted molar refractivity (Wildman–Crippen MR) is 114 cm³/mol. The molecule has 0 unspecified atom stereocenters. The highest BCUT2D eigenvalue weighted by Crippen LogP contribution is 2.39. The summed E-state index contributed by atoms with van der Waals surface area (Å²) in [6.45, 7) is 0.426. The molecule has 0 saturated carbocycles. The number of amides is 2. The number of hydrogen-bond donors (Lipinski definition) is 2. The van der Waals surface area contributed by atoms with E-state index in [0.717, 1.165) is 11.1 Å². The van der Waals surface area contributed by atoms with E-state index in [2.05, 4.69) is 15.5 Å². The maximum atomic E-state index is 12.1. The molecule has 0 saturated heterocycles. The average molecular weight is 405 g/mol. The first kappa shape index (κ1) is 18.7. The van der Waals surface area contributed by atoms with Crippen LogP contribution in [0.5, 0.6) is 5.88 Å². The molecule has 0 spiro atoms. The average Bonchev–Trinajstić information content (AvgIpc) is 3.00. The van der Waals surface area contributed by atoms with Gasteiger partial charge in [0.05, 0.1) is 12.1 Å². The van der Waals surface area contributed by atoms with E-state index in [1.165, 1.54) is 0 Å². The zero-order valence-electron chi connectivity index (χ0n) is 15.3. The Balaban J connectivity index is 1.65. The first-order valence-corrected chi connectivity index (χ1v) is 9.32. The molecule has 0 atom stereocenters. The Hall–Kier alpha value is -3.64. The first-order chi connectivity index (χ1) is 14.1. The summed E-state index contributed by atoms with van der Waals surface area (Å²) in [5.74, 6) is -0.0580. The van der Waals surface area contributed by atoms with Crippen molar-refractivity contribution in [3.63, 3.8) is 0 Å². The molecule has 0 bridgehead atoms. The van der Waals surface area contributed by atoms with Gasteiger partial charge in [0.1, 0.15) is 0 Å². The van der Waals surface area contributed by atoms with Crippen LogP contribution >= 0.6 is 11.6 Å². The lowest BCUT2D eigenvalue weighted by Crippen LogP contribution is -2.04. The second-order valence-electron chi connectivity index (χ2n) is 6.40. The number of carbonyl (C=O) groups excluding carboxylic acids is 1. The number of azo groups is 1. The van der Waals surface area contributed by atoms with E-state index in [4.69, 9.17) is 11.6 Å². The molecule has 1 aromatic heterocycles. The van der Waals surface area contributed by atoms with Crippen LogP contribution in [-0.4, -0.2) is 15.7 Å². The van der Waals surface area contributed by atoms with Crippen LogP contribution in [0.1, 0.15) is 5.56 Å². The summed E-state index contributed by atoms with van der Waals surface area (Å²) in [6, 6.07) is 23.2. The number of nitrogens with one attached hydrogen (secondary N) is 1. The van der Waals surface area contributed by atoms with Gasteiger partial charge in [-0.15, -0.1) is 5.11 Å². The van der Waals surface area contributed by atoms with Crippen LogP contribution in [0.25, 0.3) is 10.9 Å². The van der Waals surface area contributed by atoms with Crippen molar-refractivity contribution in [2.24, 2.45) is 10.2 Å². The SMILES string of the molecule is O=C(N=Nc1c(O)n(Cc2ccc(Cl)cc2)c2ccccc12)Nc1ccccc1. The topological polar surface area (TPSA) is 79.0 Å². The Morgan fingerprint density at radius 1 is 0.966 bits per heavy atom. The Morgan fingerprint density at radius 2 is 1.66 bits per heavy atom. The van der Waals surface area contributed by atoms with Gasteiger partial charge >= 0.3 is 6.03 Å². The van der Waals surface area contributed by atoms with E-state index in [9.17, 15) is 9.90 Å². The van der Waals surface area contributed by atoms with Gasteiger partial charge in [-0.25, -0.2) is 4.79 Å². The number of carbonyl (C=O) groups is 1. The highest BCUT2D eigenvalue weighted by atomic mass is 35.5. The number of hydrogen-bond acceptors (Lipinski definition) is 3. The number of halogens is 1. The van der Waals surface area contributed by atoms with Crippen molar-refractivity contribution in [1.29, 1.82) is 0 Å². The maximum absolute atomic E-state index is 12.1. The molecule has 0 aliphatic carbocycles. The van der Waals surface area contributed by atoms with Crippen LogP contribution in [0.4, 0.5) is 16.2 Å². The van der Waals surface area contributed by atoms with E-state index >= 15 is 0 Å². The summed E-state index contributed by atoms with van der Waals surface area (Å²) in [7, 11) is 0. The third kappa shape index (κ3) is 4.12. The number of anilines is 1. The molecule has 2 amide bonds. The highest BCUT2D eigenvalue weighted by Gasteiger charge is 2.17. The summed E-state index contributed by atoms with van der Waals surface area (Å²) in [6.07, 6.45) is 0. The standard InChI is InChI=1S/C22H17ClN4O2/c23-16-12-10-15(11-13-16)14-27-19-9-5-4-8-18(19)20(21(27)28)25-26-22(29)24-17-6-2-1-3-7-17/h1-13,28H,14H2,(H,24,29). The van der Waals surface area contributed by atoms with Gasteiger partial charge in [-0.3, -0.25) is 0 Å². The van der Waals surface area contributed by atoms with Crippen molar-refractivity contribution < 1.29 is 9.90 Å². The lowest BCUT2D eigenvalue weighted by molar-refractivity contribution is 0.258. The molecule has 4 rings (SSSR count). The van der Waals surface area contributed by atoms with Crippen LogP contribution in [0.2, 0.25) is 5.02 Å². The molecule has 29 heavy (non-hydrogen) atoms. The Labute approximate surface area is 172 Å². The second-order valence-corrected chi connectivity index (χ2v) is 6.83. The van der Waals surface area contributed by atoms with Crippen LogP contribution in [0.3, 0.4) is 0 Å². The summed E-state index contributed by atoms with van der Waals surface area (Å²) in [5.41, 5.74) is 2.62. The molecule has 144 valence electrons. The molecule has 6 nitrogen and oxygen atoms in total. The van der Waals surface area contributed by atoms with E-state index in [0.29, 0.717) is 22.6 Å². The van der Waals surface area contributed by atoms with Crippen molar-refractivity contribution >= 4 is 39.9 Å². The molecule has 7 heteroatoms. The molecule has 0 aliphatic heterocycles. The van der Waals surface area contributed by atoms with Gasteiger partial charge in [0.15, 0.2) is 5.69 Å². The second kappa shape index (κ2) is 8.16. The van der Waals surface area contributed by atoms with Crippen LogP contribution in [-0.2, 0) is 6.54 Å². The van der Waals surface area contributed by atoms with Crippen molar-refractivity contribution in [3.05, 3.63) is 89.4 Å². The van der Waals surface area contributed by atoms with Gasteiger partial charge in [-0.1, -0.05) is 65.2 Å². The summed E-state index contributed by atoms with van der Waals surface area (Å²) in [5, 5.41) is 22.5. The number of para-hydroxylation sites is 2. The Morgan fingerprint density at radius 3 is 2.41 bits per heavy atom. The molecule has 0 aliphatic rings. The third-order valence-corrected chi connectivity index (χ3v) is 4.69. The lowest BCUT2D eigenvalue weighted by atomic mass is 10.2. The fraction of sp³-hybridized carbons (Fsp3) is 0.0455. The third-order valence-electron chi connectivity index (χ3n) is 4.44. The van der Waals surface area contributed by atoms with Crippen LogP contribution < -0.4 is 5.32 Å². The molecule has 3 aromatic carbocycles. The zero-order valence-corrected chi connectivity index (χ0v) is 16.0. The fourth-order valence-electron chi connectivity index (χ4n) is 3.07. The molecule has 0 radical (unpaired) electrons. The minimum Gasteiger partial charge on any atom is -0.493 e. The Kier molecular flexibility index (Phi) is 5.27. The minimum absolute atomic E-state index is 0.0580. The smallest absolute Gasteiger partial charge is 0.364 e. The molecule has 2 N–H and O–H groups in total. The van der Waals surface area contributed by atoms with E-state index < -0.39 is 6.03 Å². The van der Waals surface area contributed by atoms with Crippen molar-refractivity contribution in [2.75, 3.05) is 5.32 Å². The minimum atomic E-state index is -0.620. The van der Waals surface area contributed by atoms with Crippen molar-refractivity contribution in [2.45, 2.75) is 6.54 Å². The normalized spacial score (nSPS) is 11.2. The van der Waals surface area contributed by atoms with Gasteiger partial charge in [-0.2, -0.15) is 0 Å². The van der Waals surface area contributed by atoms with Gasteiger partial charge in [0.25, 0.3) is 0 Å². The summed E-state index contributed by atoms with van der Waals surface area (Å²) >= 11 is 5.95. The number of urea groups is 1. The Bertz CT molecular complexity index is 1180. The predicted octanol–water partition coefficient (Wildman–Crippen LogP) is 6.36. The maximum Gasteiger partial charge on any atom is 0.364 e. The number of fused-ring (bicyclic) bond motifs is 1. The van der Waals surface area contributed by atoms with E-state index in [1.54, 1.807) is 28.8 Å². The van der Waals surface area contributed by atoms with E-state index in [-0.39, 0.29) is 11.6 Å². The quantitative estimate of drug-likeness (QED) is 0.388. The molecular weight excluding hydrogens is 388 g/mol. The van der Waals surface area contributed by atoms with E-state index in [1.807, 2.05) is 54.6 Å². The van der Waals surface area contributed by atoms with Crippen molar-refractivity contribution in [3.8, 4) is 5.88 Å². The number of aromatic hydroxyl groups is 1. The number of aromatic nitrogens is 1. The first-order valence-electron chi connectivity index (χ1n) is 8.94. The van der Waals surface area contributed by atoms with Gasteiger partial charge in [0.2, 0.25) is 5.88 Å². The van der Waals surface area contributed by atoms with Crippen LogP contribution in [0.15, 0.2) is 89.1 Å². The van der Waals surface area contributed by atoms with Gasteiger partial charge < -0.3 is 15.0 Å². The number of nitrogens with zero attached hydrogens (tertiary/aromatic N) is 3. The van der Waals surface area contributed by atoms with Gasteiger partial charge in [0, 0.05) is 16.1 Å². The number of rotatable bonds is 4. The molecule has 0 fully saturated rings. The highest BCUT2D eigenvalue weighted by molar-refractivity contribution is 6.30. The zero-order chi connectivity index (χ0) is 20.2. The molecular formula is C22H17ClN4O2. The largest absolute Gasteiger partial charge is 0.493 e. The molecule has 4 aromatic rings. The van der Waals surface area contributed by atoms with Crippen molar-refractivity contribution in [1.82, 2.24) is 4.57 Å². The number of benzene rings is 3. The van der Waals surface area contributed by atoms with Crippen LogP contribution in [0, 0.1) is 0 Å².